The van der Waals surface area contributed by atoms with Crippen molar-refractivity contribution in [1.29, 1.82) is 0 Å². The summed E-state index contributed by atoms with van der Waals surface area (Å²) in [5.74, 6) is 0.773. The molecule has 0 heterocycles. The van der Waals surface area contributed by atoms with Gasteiger partial charge in [0.05, 0.1) is 0 Å². The molecule has 0 aliphatic carbocycles. The molecule has 0 N–H and O–H groups in total. The van der Waals surface area contributed by atoms with Crippen LogP contribution in [0.5, 0.6) is 0 Å². The van der Waals surface area contributed by atoms with Crippen molar-refractivity contribution < 1.29 is 59.6 Å². The van der Waals surface area contributed by atoms with E-state index in [9.17, 15) is 37.8 Å². The zero-order chi connectivity index (χ0) is 30.6. The summed E-state index contributed by atoms with van der Waals surface area (Å²) in [7, 11) is -9.13. The van der Waals surface area contributed by atoms with Crippen LogP contribution in [0.3, 0.4) is 0 Å². The summed E-state index contributed by atoms with van der Waals surface area (Å²) in [5.41, 5.74) is 0. The van der Waals surface area contributed by atoms with Crippen molar-refractivity contribution in [3.05, 3.63) is 0 Å². The molecule has 4 atom stereocenters. The minimum Gasteiger partial charge on any atom is -0.595 e. The minimum absolute atomic E-state index is 0. The molecule has 0 aromatic carbocycles. The Kier molecular flexibility index (Phi) is 25.7. The van der Waals surface area contributed by atoms with Crippen molar-refractivity contribution in [2.24, 2.45) is 23.7 Å². The van der Waals surface area contributed by atoms with Gasteiger partial charge in [-0.1, -0.05) is 73.7 Å². The fourth-order valence-electron chi connectivity index (χ4n) is 0.843. The summed E-state index contributed by atoms with van der Waals surface area (Å²) in [5, 5.41) is -2.19. The van der Waals surface area contributed by atoms with E-state index in [0.29, 0.717) is 0 Å². The van der Waals surface area contributed by atoms with E-state index in [1.54, 1.807) is 55.4 Å². The van der Waals surface area contributed by atoms with Crippen LogP contribution < -0.4 is 19.6 Å². The fraction of sp³-hybridized carbons (Fsp3) is 1.00. The Morgan fingerprint density at radius 3 is 0.459 bits per heavy atom. The van der Waals surface area contributed by atoms with Gasteiger partial charge in [-0.05, 0) is 55.4 Å². The second kappa shape index (κ2) is 19.9. The van der Waals surface area contributed by atoms with Gasteiger partial charge >= 0.3 is 53.8 Å². The molecular weight excluding hydrogens is 588 g/mol. The molecule has 8 nitrogen and oxygen atoms in total. The van der Waals surface area contributed by atoms with E-state index in [0.717, 1.165) is 0 Å². The second-order valence-electron chi connectivity index (χ2n) is 12.3. The van der Waals surface area contributed by atoms with Gasteiger partial charge in [-0.3, -0.25) is 0 Å². The summed E-state index contributed by atoms with van der Waals surface area (Å²) in [6.07, 6.45) is 0. The van der Waals surface area contributed by atoms with Gasteiger partial charge in [0, 0.05) is 23.7 Å². The molecule has 0 saturated heterocycles. The van der Waals surface area contributed by atoms with E-state index < -0.39 is 52.7 Å². The maximum Gasteiger partial charge on any atom is 4.00 e. The first-order valence-corrected chi connectivity index (χ1v) is 16.8. The first kappa shape index (κ1) is 47.7. The molecule has 216 valence electrons. The van der Waals surface area contributed by atoms with Crippen molar-refractivity contribution in [3.63, 3.8) is 0 Å². The predicted molar refractivity (Wildman–Crippen MR) is 146 cm³/mol. The van der Waals surface area contributed by atoms with Gasteiger partial charge in [0.2, 0.25) is 0 Å². The zero-order valence-electron chi connectivity index (χ0n) is 25.9. The van der Waals surface area contributed by atoms with Crippen LogP contribution in [0, 0.1) is 23.7 Å². The monoisotopic (exact) mass is 640 g/mol. The smallest absolute Gasteiger partial charge is 0.595 e. The largest absolute Gasteiger partial charge is 4.00 e. The first-order valence-electron chi connectivity index (χ1n) is 12.1. The molecule has 0 aromatic rings. The molecule has 0 spiro atoms. The van der Waals surface area contributed by atoms with Crippen LogP contribution >= 0.6 is 32.1 Å². The average molecular weight is 640 g/mol. The van der Waals surface area contributed by atoms with Crippen molar-refractivity contribution in [2.45, 2.75) is 131 Å². The topological polar surface area (TPSA) is 161 Å². The quantitative estimate of drug-likeness (QED) is 0.227. The molecule has 37 heavy (non-hydrogen) atoms. The zero-order valence-corrected chi connectivity index (χ0v) is 31.0. The standard InChI is InChI=1S/4C6H13O2P.Ti/c4*1-5(2)6(3,4)9(7)8;/h4*5H,1-4H3;/q;;;;+4. The average Bonchev–Trinajstić information content (AvgIpc) is 2.68. The summed E-state index contributed by atoms with van der Waals surface area (Å²) in [6, 6.07) is 0. The van der Waals surface area contributed by atoms with Gasteiger partial charge in [0.1, 0.15) is 0 Å². The van der Waals surface area contributed by atoms with E-state index in [1.165, 1.54) is 0 Å². The molecule has 13 heteroatoms. The Morgan fingerprint density at radius 2 is 0.459 bits per heavy atom. The molecule has 0 fully saturated rings. The molecule has 0 amide bonds. The van der Waals surface area contributed by atoms with Gasteiger partial charge in [-0.15, -0.1) is 0 Å². The van der Waals surface area contributed by atoms with Crippen molar-refractivity contribution in [2.75, 3.05) is 0 Å². The molecule has 0 rings (SSSR count). The Morgan fingerprint density at radius 1 is 0.378 bits per heavy atom. The fourth-order valence-corrected chi connectivity index (χ4v) is 2.53. The van der Waals surface area contributed by atoms with Crippen LogP contribution in [-0.2, 0) is 40.0 Å². The van der Waals surface area contributed by atoms with E-state index in [1.807, 2.05) is 55.4 Å². The molecule has 0 aliphatic heterocycles. The molecule has 0 radical (unpaired) electrons. The van der Waals surface area contributed by atoms with Crippen LogP contribution in [0.15, 0.2) is 0 Å². The Bertz CT molecular complexity index is 600. The van der Waals surface area contributed by atoms with Gasteiger partial charge in [0.25, 0.3) is 0 Å². The predicted octanol–water partition coefficient (Wildman–Crippen LogP) is 6.09. The van der Waals surface area contributed by atoms with Crippen LogP contribution in [0.2, 0.25) is 0 Å². The third-order valence-electron chi connectivity index (χ3n) is 7.53. The molecular formula is C24H52O8P4Ti+4. The summed E-state index contributed by atoms with van der Waals surface area (Å²) < 4.78 is 42.0. The molecule has 0 bridgehead atoms. The summed E-state index contributed by atoms with van der Waals surface area (Å²) in [6.45, 7) is 29.2. The summed E-state index contributed by atoms with van der Waals surface area (Å²) in [4.78, 5) is 42.0. The van der Waals surface area contributed by atoms with Crippen LogP contribution in [0.25, 0.3) is 0 Å². The molecule has 0 aliphatic rings. The summed E-state index contributed by atoms with van der Waals surface area (Å²) >= 11 is 0. The molecule has 0 aromatic heterocycles. The van der Waals surface area contributed by atoms with E-state index in [2.05, 4.69) is 0 Å². The number of rotatable bonds is 8. The van der Waals surface area contributed by atoms with E-state index in [4.69, 9.17) is 0 Å². The van der Waals surface area contributed by atoms with Crippen molar-refractivity contribution in [1.82, 2.24) is 0 Å². The van der Waals surface area contributed by atoms with Crippen LogP contribution in [0.1, 0.15) is 111 Å². The molecule has 4 unspecified atom stereocenters. The SMILES string of the molecule is CC(C)C(C)(C)[P+](=O)[O-].CC(C)C(C)(C)[P+](=O)[O-].CC(C)C(C)(C)[P+](=O)[O-].CC(C)C(C)(C)[P+](=O)[O-].[Ti+4]. The third kappa shape index (κ3) is 18.8. The van der Waals surface area contributed by atoms with E-state index >= 15 is 0 Å². The van der Waals surface area contributed by atoms with Gasteiger partial charge < -0.3 is 19.6 Å². The maximum absolute atomic E-state index is 10.5. The first-order chi connectivity index (χ1) is 15.5. The van der Waals surface area contributed by atoms with Gasteiger partial charge in [-0.2, -0.15) is 0 Å². The van der Waals surface area contributed by atoms with E-state index in [-0.39, 0.29) is 45.4 Å². The second-order valence-corrected chi connectivity index (χ2v) is 18.9. The normalized spacial score (nSPS) is 13.8. The Balaban J connectivity index is -0.000000122. The van der Waals surface area contributed by atoms with Gasteiger partial charge in [-0.25, -0.2) is 0 Å². The van der Waals surface area contributed by atoms with Crippen LogP contribution in [0.4, 0.5) is 0 Å². The Hall–Kier alpha value is 0.954. The maximum atomic E-state index is 10.5. The van der Waals surface area contributed by atoms with Crippen molar-refractivity contribution in [3.8, 4) is 0 Å². The molecule has 0 saturated carbocycles. The van der Waals surface area contributed by atoms with Gasteiger partial charge in [0.15, 0.2) is 20.6 Å². The number of hydrogen-bond acceptors (Lipinski definition) is 8. The van der Waals surface area contributed by atoms with Crippen LogP contribution in [-0.4, -0.2) is 20.6 Å². The van der Waals surface area contributed by atoms with Crippen molar-refractivity contribution >= 4 is 32.1 Å². The number of hydrogen-bond donors (Lipinski definition) is 0. The Labute approximate surface area is 245 Å². The third-order valence-corrected chi connectivity index (χ3v) is 13.4. The minimum atomic E-state index is -2.28.